The molecule has 2 aromatic rings. The van der Waals surface area contributed by atoms with Crippen molar-refractivity contribution in [2.75, 3.05) is 25.0 Å². The summed E-state index contributed by atoms with van der Waals surface area (Å²) < 4.78 is 41.9. The zero-order valence-electron chi connectivity index (χ0n) is 17.5. The third-order valence-electron chi connectivity index (χ3n) is 5.22. The Labute approximate surface area is 181 Å². The fraction of sp³-hybridized carbons (Fsp3) is 0.364. The molecule has 1 heterocycles. The quantitative estimate of drug-likeness (QED) is 0.712. The van der Waals surface area contributed by atoms with Crippen molar-refractivity contribution in [3.05, 3.63) is 59.4 Å². The number of anilines is 1. The number of carbonyl (C=O) groups excluding carboxylic acids is 2. The number of benzene rings is 2. The molecule has 2 aromatic carbocycles. The summed E-state index contributed by atoms with van der Waals surface area (Å²) in [6.45, 7) is 4.18. The maximum absolute atomic E-state index is 14.3. The predicted octanol–water partition coefficient (Wildman–Crippen LogP) is 2.92. The first-order chi connectivity index (χ1) is 14.7. The average molecular weight is 448 g/mol. The van der Waals surface area contributed by atoms with Gasteiger partial charge in [0.05, 0.1) is 10.5 Å². The van der Waals surface area contributed by atoms with Crippen molar-refractivity contribution in [1.82, 2.24) is 9.62 Å². The lowest BCUT2D eigenvalue weighted by molar-refractivity contribution is -0.114. The van der Waals surface area contributed by atoms with Crippen molar-refractivity contribution >= 4 is 27.5 Å². The Morgan fingerprint density at radius 2 is 1.87 bits per heavy atom. The highest BCUT2D eigenvalue weighted by Gasteiger charge is 2.27. The molecule has 1 atom stereocenters. The number of nitrogens with zero attached hydrogens (tertiary/aromatic N) is 1. The standard InChI is InChI=1S/C22H26FN3O4S/c1-15-5-8-19(9-6-15)31(29,30)24-13-17-4-3-11-26(14-17)22(28)20-12-18(25-16(2)27)7-10-21(20)23/h5-10,12,17,24H,3-4,11,13-14H2,1-2H3,(H,25,27). The molecule has 2 N–H and O–H groups in total. The van der Waals surface area contributed by atoms with Crippen molar-refractivity contribution in [1.29, 1.82) is 0 Å². The minimum atomic E-state index is -3.64. The van der Waals surface area contributed by atoms with Crippen LogP contribution in [0.3, 0.4) is 0 Å². The van der Waals surface area contributed by atoms with E-state index in [9.17, 15) is 22.4 Å². The molecule has 0 spiro atoms. The lowest BCUT2D eigenvalue weighted by Crippen LogP contribution is -2.44. The lowest BCUT2D eigenvalue weighted by atomic mass is 9.97. The number of carbonyl (C=O) groups is 2. The second-order valence-corrected chi connectivity index (χ2v) is 9.57. The van der Waals surface area contributed by atoms with Crippen LogP contribution in [0, 0.1) is 18.7 Å². The fourth-order valence-corrected chi connectivity index (χ4v) is 4.70. The summed E-state index contributed by atoms with van der Waals surface area (Å²) in [6.07, 6.45) is 1.45. The number of halogens is 1. The number of hydrogen-bond donors (Lipinski definition) is 2. The smallest absolute Gasteiger partial charge is 0.256 e. The third kappa shape index (κ3) is 5.89. The second kappa shape index (κ2) is 9.57. The summed E-state index contributed by atoms with van der Waals surface area (Å²) in [4.78, 5) is 25.9. The number of aryl methyl sites for hydroxylation is 1. The Kier molecular flexibility index (Phi) is 7.07. The molecule has 1 fully saturated rings. The molecule has 31 heavy (non-hydrogen) atoms. The zero-order valence-corrected chi connectivity index (χ0v) is 18.3. The van der Waals surface area contributed by atoms with Gasteiger partial charge in [-0.15, -0.1) is 0 Å². The molecule has 1 saturated heterocycles. The molecule has 0 radical (unpaired) electrons. The van der Waals surface area contributed by atoms with E-state index in [4.69, 9.17) is 0 Å². The molecule has 1 aliphatic heterocycles. The highest BCUT2D eigenvalue weighted by atomic mass is 32.2. The molecular formula is C22H26FN3O4S. The summed E-state index contributed by atoms with van der Waals surface area (Å²) in [5.41, 5.74) is 1.19. The van der Waals surface area contributed by atoms with E-state index in [2.05, 4.69) is 10.0 Å². The largest absolute Gasteiger partial charge is 0.338 e. The van der Waals surface area contributed by atoms with Crippen LogP contribution in [0.2, 0.25) is 0 Å². The fourth-order valence-electron chi connectivity index (χ4n) is 3.58. The van der Waals surface area contributed by atoms with Gasteiger partial charge in [0.1, 0.15) is 5.82 Å². The maximum atomic E-state index is 14.3. The molecule has 0 saturated carbocycles. The Morgan fingerprint density at radius 1 is 1.16 bits per heavy atom. The Hall–Kier alpha value is -2.78. The third-order valence-corrected chi connectivity index (χ3v) is 6.66. The molecule has 9 heteroatoms. The van der Waals surface area contributed by atoms with Crippen molar-refractivity contribution in [3.8, 4) is 0 Å². The van der Waals surface area contributed by atoms with E-state index in [-0.39, 0.29) is 28.8 Å². The second-order valence-electron chi connectivity index (χ2n) is 7.80. The molecule has 1 aliphatic rings. The first-order valence-electron chi connectivity index (χ1n) is 10.1. The van der Waals surface area contributed by atoms with Gasteiger partial charge in [0.15, 0.2) is 0 Å². The summed E-state index contributed by atoms with van der Waals surface area (Å²) in [7, 11) is -3.64. The molecule has 0 aliphatic carbocycles. The van der Waals surface area contributed by atoms with Gasteiger partial charge in [0.2, 0.25) is 15.9 Å². The van der Waals surface area contributed by atoms with Gasteiger partial charge in [-0.3, -0.25) is 9.59 Å². The van der Waals surface area contributed by atoms with Crippen molar-refractivity contribution in [2.45, 2.75) is 31.6 Å². The Morgan fingerprint density at radius 3 is 2.55 bits per heavy atom. The Bertz CT molecular complexity index is 1070. The molecule has 7 nitrogen and oxygen atoms in total. The van der Waals surface area contributed by atoms with Gasteiger partial charge in [-0.05, 0) is 56.0 Å². The summed E-state index contributed by atoms with van der Waals surface area (Å²) in [5.74, 6) is -1.54. The van der Waals surface area contributed by atoms with Crippen LogP contribution in [0.15, 0.2) is 47.4 Å². The van der Waals surface area contributed by atoms with E-state index in [1.165, 1.54) is 24.0 Å². The minimum absolute atomic E-state index is 0.0838. The molecule has 166 valence electrons. The summed E-state index contributed by atoms with van der Waals surface area (Å²) in [5, 5.41) is 2.54. The van der Waals surface area contributed by atoms with Gasteiger partial charge in [0.25, 0.3) is 5.91 Å². The van der Waals surface area contributed by atoms with Gasteiger partial charge >= 0.3 is 0 Å². The highest BCUT2D eigenvalue weighted by molar-refractivity contribution is 7.89. The number of amides is 2. The van der Waals surface area contributed by atoms with Gasteiger partial charge < -0.3 is 10.2 Å². The molecular weight excluding hydrogens is 421 g/mol. The van der Waals surface area contributed by atoms with E-state index in [0.29, 0.717) is 25.2 Å². The normalized spacial score (nSPS) is 16.7. The van der Waals surface area contributed by atoms with E-state index in [1.807, 2.05) is 6.92 Å². The predicted molar refractivity (Wildman–Crippen MR) is 116 cm³/mol. The first kappa shape index (κ1) is 22.9. The van der Waals surface area contributed by atoms with E-state index in [1.54, 1.807) is 24.3 Å². The van der Waals surface area contributed by atoms with Crippen LogP contribution in [0.5, 0.6) is 0 Å². The number of nitrogens with one attached hydrogen (secondary N) is 2. The number of sulfonamides is 1. The number of piperidine rings is 1. The van der Waals surface area contributed by atoms with Gasteiger partial charge in [0, 0.05) is 32.2 Å². The van der Waals surface area contributed by atoms with Crippen LogP contribution in [-0.2, 0) is 14.8 Å². The summed E-state index contributed by atoms with van der Waals surface area (Å²) >= 11 is 0. The van der Waals surface area contributed by atoms with E-state index >= 15 is 0 Å². The van der Waals surface area contributed by atoms with E-state index < -0.39 is 21.7 Å². The zero-order chi connectivity index (χ0) is 22.6. The van der Waals surface area contributed by atoms with Crippen LogP contribution in [-0.4, -0.2) is 44.8 Å². The maximum Gasteiger partial charge on any atom is 0.256 e. The van der Waals surface area contributed by atoms with E-state index in [0.717, 1.165) is 18.1 Å². The molecule has 3 rings (SSSR count). The number of hydrogen-bond acceptors (Lipinski definition) is 4. The lowest BCUT2D eigenvalue weighted by Gasteiger charge is -2.33. The van der Waals surface area contributed by atoms with Crippen molar-refractivity contribution in [2.24, 2.45) is 5.92 Å². The molecule has 0 bridgehead atoms. The topological polar surface area (TPSA) is 95.6 Å². The van der Waals surface area contributed by atoms with Crippen LogP contribution >= 0.6 is 0 Å². The first-order valence-corrected chi connectivity index (χ1v) is 11.6. The average Bonchev–Trinajstić information content (AvgIpc) is 2.73. The van der Waals surface area contributed by atoms with Gasteiger partial charge in [-0.2, -0.15) is 0 Å². The Balaban J connectivity index is 1.66. The van der Waals surface area contributed by atoms with Crippen LogP contribution < -0.4 is 10.0 Å². The summed E-state index contributed by atoms with van der Waals surface area (Å²) in [6, 6.07) is 10.4. The number of likely N-dealkylation sites (tertiary alicyclic amines) is 1. The van der Waals surface area contributed by atoms with Crippen LogP contribution in [0.25, 0.3) is 0 Å². The molecule has 2 amide bonds. The van der Waals surface area contributed by atoms with Gasteiger partial charge in [-0.25, -0.2) is 17.5 Å². The monoisotopic (exact) mass is 447 g/mol. The van der Waals surface area contributed by atoms with Crippen LogP contribution in [0.1, 0.15) is 35.7 Å². The molecule has 0 aromatic heterocycles. The molecule has 1 unspecified atom stereocenters. The van der Waals surface area contributed by atoms with Crippen LogP contribution in [0.4, 0.5) is 10.1 Å². The SMILES string of the molecule is CC(=O)Nc1ccc(F)c(C(=O)N2CCCC(CNS(=O)(=O)c3ccc(C)cc3)C2)c1. The van der Waals surface area contributed by atoms with Crippen molar-refractivity contribution in [3.63, 3.8) is 0 Å². The number of rotatable bonds is 6. The van der Waals surface area contributed by atoms with Crippen molar-refractivity contribution < 1.29 is 22.4 Å². The van der Waals surface area contributed by atoms with Gasteiger partial charge in [-0.1, -0.05) is 17.7 Å². The minimum Gasteiger partial charge on any atom is -0.338 e. The highest BCUT2D eigenvalue weighted by Crippen LogP contribution is 2.22.